The van der Waals surface area contributed by atoms with Gasteiger partial charge >= 0.3 is 0 Å². The Morgan fingerprint density at radius 2 is 1.78 bits per heavy atom. The van der Waals surface area contributed by atoms with Gasteiger partial charge in [-0.3, -0.25) is 9.59 Å². The van der Waals surface area contributed by atoms with E-state index in [9.17, 15) is 9.59 Å². The monoisotopic (exact) mass is 377 g/mol. The van der Waals surface area contributed by atoms with Gasteiger partial charge in [0.25, 0.3) is 0 Å². The molecule has 8 heteroatoms. The van der Waals surface area contributed by atoms with Gasteiger partial charge in [0.1, 0.15) is 0 Å². The number of nitrogens with zero attached hydrogens (tertiary/aromatic N) is 2. The molecule has 27 heavy (non-hydrogen) atoms. The predicted molar refractivity (Wildman–Crippen MR) is 100 cm³/mol. The number of piperidine rings is 1. The Morgan fingerprint density at radius 3 is 2.33 bits per heavy atom. The molecule has 2 fully saturated rings. The molecule has 0 bridgehead atoms. The molecule has 2 atom stereocenters. The Morgan fingerprint density at radius 1 is 1.11 bits per heavy atom. The Balaban J connectivity index is 1.80. The molecule has 2 N–H and O–H groups in total. The minimum atomic E-state index is -0.359. The second kappa shape index (κ2) is 8.04. The summed E-state index contributed by atoms with van der Waals surface area (Å²) in [5, 5.41) is 0. The molecule has 0 aromatic heterocycles. The predicted octanol–water partition coefficient (Wildman–Crippen LogP) is 1.02. The lowest BCUT2D eigenvalue weighted by Gasteiger charge is -2.32. The highest BCUT2D eigenvalue weighted by Gasteiger charge is 2.38. The van der Waals surface area contributed by atoms with Gasteiger partial charge in [0.15, 0.2) is 11.5 Å². The molecule has 2 aliphatic rings. The van der Waals surface area contributed by atoms with Crippen molar-refractivity contribution in [1.29, 1.82) is 0 Å². The summed E-state index contributed by atoms with van der Waals surface area (Å²) in [5.41, 5.74) is 6.61. The van der Waals surface area contributed by atoms with E-state index in [0.29, 0.717) is 42.6 Å². The van der Waals surface area contributed by atoms with Crippen LogP contribution in [-0.4, -0.2) is 63.7 Å². The van der Waals surface area contributed by atoms with E-state index in [2.05, 4.69) is 0 Å². The van der Waals surface area contributed by atoms with Crippen molar-refractivity contribution < 1.29 is 23.8 Å². The van der Waals surface area contributed by atoms with Gasteiger partial charge in [-0.1, -0.05) is 0 Å². The summed E-state index contributed by atoms with van der Waals surface area (Å²) in [7, 11) is 4.58. The minimum absolute atomic E-state index is 0.00782. The lowest BCUT2D eigenvalue weighted by molar-refractivity contribution is -0.136. The molecular formula is C19H27N3O5. The van der Waals surface area contributed by atoms with Crippen LogP contribution in [0.5, 0.6) is 17.2 Å². The number of carbonyl (C=O) groups is 2. The highest BCUT2D eigenvalue weighted by Crippen LogP contribution is 2.42. The van der Waals surface area contributed by atoms with Crippen molar-refractivity contribution in [3.8, 4) is 17.2 Å². The van der Waals surface area contributed by atoms with Crippen LogP contribution in [0.2, 0.25) is 0 Å². The molecule has 1 aromatic carbocycles. The van der Waals surface area contributed by atoms with E-state index >= 15 is 0 Å². The molecule has 2 heterocycles. The number of ether oxygens (including phenoxy) is 3. The summed E-state index contributed by atoms with van der Waals surface area (Å²) in [6.07, 6.45) is 2.04. The smallest absolute Gasteiger partial charge is 0.228 e. The summed E-state index contributed by atoms with van der Waals surface area (Å²) in [6, 6.07) is 3.47. The Labute approximate surface area is 159 Å². The fourth-order valence-electron chi connectivity index (χ4n) is 3.81. The van der Waals surface area contributed by atoms with Gasteiger partial charge in [0, 0.05) is 44.2 Å². The maximum absolute atomic E-state index is 12.8. The molecule has 2 unspecified atom stereocenters. The van der Waals surface area contributed by atoms with Crippen molar-refractivity contribution in [3.05, 3.63) is 12.1 Å². The number of methoxy groups -OCH3 is 3. The van der Waals surface area contributed by atoms with Gasteiger partial charge < -0.3 is 29.7 Å². The topological polar surface area (TPSA) is 94.3 Å². The average molecular weight is 377 g/mol. The molecule has 0 aliphatic carbocycles. The van der Waals surface area contributed by atoms with Crippen LogP contribution in [0.1, 0.15) is 19.3 Å². The third-order valence-electron chi connectivity index (χ3n) is 5.20. The SMILES string of the molecule is COc1cc(N2CC(C(=O)N3CCCC(N)C3)CC2=O)cc(OC)c1OC. The van der Waals surface area contributed by atoms with Crippen molar-refractivity contribution in [1.82, 2.24) is 4.90 Å². The van der Waals surface area contributed by atoms with E-state index in [-0.39, 0.29) is 30.2 Å². The number of hydrogen-bond donors (Lipinski definition) is 1. The number of amides is 2. The first kappa shape index (κ1) is 19.3. The summed E-state index contributed by atoms with van der Waals surface area (Å²) in [4.78, 5) is 28.8. The molecule has 0 saturated carbocycles. The lowest BCUT2D eigenvalue weighted by atomic mass is 10.0. The zero-order valence-corrected chi connectivity index (χ0v) is 16.1. The highest BCUT2D eigenvalue weighted by molar-refractivity contribution is 6.00. The number of hydrogen-bond acceptors (Lipinski definition) is 6. The quantitative estimate of drug-likeness (QED) is 0.823. The van der Waals surface area contributed by atoms with Crippen LogP contribution in [0.3, 0.4) is 0 Å². The van der Waals surface area contributed by atoms with Crippen LogP contribution in [0, 0.1) is 5.92 Å². The maximum Gasteiger partial charge on any atom is 0.228 e. The van der Waals surface area contributed by atoms with Gasteiger partial charge in [0.2, 0.25) is 17.6 Å². The molecule has 2 saturated heterocycles. The minimum Gasteiger partial charge on any atom is -0.493 e. The number of likely N-dealkylation sites (tertiary alicyclic amines) is 1. The molecule has 0 spiro atoms. The van der Waals surface area contributed by atoms with Crippen molar-refractivity contribution in [2.45, 2.75) is 25.3 Å². The molecule has 2 aliphatic heterocycles. The van der Waals surface area contributed by atoms with Gasteiger partial charge in [-0.05, 0) is 12.8 Å². The summed E-state index contributed by atoms with van der Waals surface area (Å²) in [5.74, 6) is 0.956. The second-order valence-electron chi connectivity index (χ2n) is 6.98. The third kappa shape index (κ3) is 3.80. The molecule has 3 rings (SSSR count). The van der Waals surface area contributed by atoms with Crippen LogP contribution in [0.15, 0.2) is 12.1 Å². The van der Waals surface area contributed by atoms with Crippen LogP contribution in [-0.2, 0) is 9.59 Å². The maximum atomic E-state index is 12.8. The van der Waals surface area contributed by atoms with E-state index in [4.69, 9.17) is 19.9 Å². The first-order valence-electron chi connectivity index (χ1n) is 9.13. The largest absolute Gasteiger partial charge is 0.493 e. The average Bonchev–Trinajstić information content (AvgIpc) is 3.07. The summed E-state index contributed by atoms with van der Waals surface area (Å²) in [6.45, 7) is 1.61. The highest BCUT2D eigenvalue weighted by atomic mass is 16.5. The van der Waals surface area contributed by atoms with E-state index < -0.39 is 0 Å². The first-order chi connectivity index (χ1) is 13.0. The van der Waals surface area contributed by atoms with E-state index in [0.717, 1.165) is 12.8 Å². The van der Waals surface area contributed by atoms with Gasteiger partial charge in [-0.2, -0.15) is 0 Å². The van der Waals surface area contributed by atoms with Crippen molar-refractivity contribution in [2.24, 2.45) is 11.7 Å². The molecule has 8 nitrogen and oxygen atoms in total. The number of anilines is 1. The van der Waals surface area contributed by atoms with E-state index in [1.54, 1.807) is 21.9 Å². The number of nitrogens with two attached hydrogens (primary N) is 1. The van der Waals surface area contributed by atoms with Gasteiger partial charge in [0.05, 0.1) is 32.9 Å². The van der Waals surface area contributed by atoms with Crippen LogP contribution in [0.4, 0.5) is 5.69 Å². The zero-order valence-electron chi connectivity index (χ0n) is 16.1. The number of carbonyl (C=O) groups excluding carboxylic acids is 2. The standard InChI is InChI=1S/C19H27N3O5/c1-25-15-8-14(9-16(26-2)18(15)27-3)22-10-12(7-17(22)23)19(24)21-6-4-5-13(20)11-21/h8-9,12-13H,4-7,10-11,20H2,1-3H3. The molecule has 0 radical (unpaired) electrons. The van der Waals surface area contributed by atoms with Gasteiger partial charge in [-0.25, -0.2) is 0 Å². The molecule has 148 valence electrons. The summed E-state index contributed by atoms with van der Waals surface area (Å²) >= 11 is 0. The second-order valence-corrected chi connectivity index (χ2v) is 6.98. The fraction of sp³-hybridized carbons (Fsp3) is 0.579. The van der Waals surface area contributed by atoms with Crippen LogP contribution >= 0.6 is 0 Å². The lowest BCUT2D eigenvalue weighted by Crippen LogP contribution is -2.48. The number of benzene rings is 1. The van der Waals surface area contributed by atoms with Crippen molar-refractivity contribution >= 4 is 17.5 Å². The first-order valence-corrected chi connectivity index (χ1v) is 9.13. The zero-order chi connectivity index (χ0) is 19.6. The van der Waals surface area contributed by atoms with Gasteiger partial charge in [-0.15, -0.1) is 0 Å². The molecular weight excluding hydrogens is 350 g/mol. The summed E-state index contributed by atoms with van der Waals surface area (Å²) < 4.78 is 16.1. The third-order valence-corrected chi connectivity index (χ3v) is 5.20. The van der Waals surface area contributed by atoms with E-state index in [1.807, 2.05) is 0 Å². The Bertz CT molecular complexity index is 698. The normalized spacial score (nSPS) is 22.7. The van der Waals surface area contributed by atoms with E-state index in [1.165, 1.54) is 21.3 Å². The molecule has 2 amide bonds. The van der Waals surface area contributed by atoms with Crippen LogP contribution in [0.25, 0.3) is 0 Å². The van der Waals surface area contributed by atoms with Crippen LogP contribution < -0.4 is 24.8 Å². The Kier molecular flexibility index (Phi) is 5.74. The molecule has 1 aromatic rings. The number of rotatable bonds is 5. The fourth-order valence-corrected chi connectivity index (χ4v) is 3.81. The van der Waals surface area contributed by atoms with Crippen molar-refractivity contribution in [2.75, 3.05) is 45.9 Å². The Hall–Kier alpha value is -2.48. The van der Waals surface area contributed by atoms with Crippen molar-refractivity contribution in [3.63, 3.8) is 0 Å².